The molecule has 0 radical (unpaired) electrons. The fourth-order valence-electron chi connectivity index (χ4n) is 1.34. The zero-order valence-electron chi connectivity index (χ0n) is 10.3. The Labute approximate surface area is 113 Å². The first-order valence-corrected chi connectivity index (χ1v) is 5.64. The van der Waals surface area contributed by atoms with Gasteiger partial charge >= 0.3 is 12.6 Å². The van der Waals surface area contributed by atoms with Crippen molar-refractivity contribution in [3.8, 4) is 5.75 Å². The molecule has 3 N–H and O–H groups in total. The number of carboxylic acids is 1. The van der Waals surface area contributed by atoms with Crippen molar-refractivity contribution in [3.05, 3.63) is 29.8 Å². The minimum atomic E-state index is -2.94. The number of carbonyl (C=O) groups is 2. The predicted octanol–water partition coefficient (Wildman–Crippen LogP) is 0.853. The Morgan fingerprint density at radius 3 is 2.35 bits per heavy atom. The van der Waals surface area contributed by atoms with Crippen molar-refractivity contribution in [2.75, 3.05) is 6.54 Å². The Hall–Kier alpha value is -2.22. The normalized spacial score (nSPS) is 12.0. The molecule has 0 bridgehead atoms. The Morgan fingerprint density at radius 1 is 1.25 bits per heavy atom. The molecule has 20 heavy (non-hydrogen) atoms. The van der Waals surface area contributed by atoms with Crippen LogP contribution in [0.25, 0.3) is 0 Å². The SMILES string of the molecule is O=C(NCCC(O)C(=O)O)c1ccc(OC(F)F)cc1. The minimum Gasteiger partial charge on any atom is -0.479 e. The highest BCUT2D eigenvalue weighted by Crippen LogP contribution is 2.14. The van der Waals surface area contributed by atoms with E-state index in [9.17, 15) is 18.4 Å². The lowest BCUT2D eigenvalue weighted by atomic mass is 10.2. The smallest absolute Gasteiger partial charge is 0.387 e. The van der Waals surface area contributed by atoms with Gasteiger partial charge in [0, 0.05) is 18.5 Å². The molecule has 0 aliphatic heterocycles. The first-order chi connectivity index (χ1) is 9.40. The highest BCUT2D eigenvalue weighted by atomic mass is 19.3. The Kier molecular flexibility index (Phi) is 5.85. The molecule has 1 aromatic carbocycles. The molecule has 0 fully saturated rings. The lowest BCUT2D eigenvalue weighted by Crippen LogP contribution is -2.30. The lowest BCUT2D eigenvalue weighted by Gasteiger charge is -2.08. The van der Waals surface area contributed by atoms with Gasteiger partial charge in [0.2, 0.25) is 0 Å². The van der Waals surface area contributed by atoms with Crippen molar-refractivity contribution in [1.29, 1.82) is 0 Å². The topological polar surface area (TPSA) is 95.9 Å². The highest BCUT2D eigenvalue weighted by Gasteiger charge is 2.13. The van der Waals surface area contributed by atoms with Gasteiger partial charge in [0.25, 0.3) is 5.91 Å². The van der Waals surface area contributed by atoms with Crippen molar-refractivity contribution >= 4 is 11.9 Å². The summed E-state index contributed by atoms with van der Waals surface area (Å²) in [6.45, 7) is -2.96. The van der Waals surface area contributed by atoms with Gasteiger partial charge in [-0.15, -0.1) is 0 Å². The van der Waals surface area contributed by atoms with Gasteiger partial charge in [-0.1, -0.05) is 0 Å². The first kappa shape index (κ1) is 15.8. The Morgan fingerprint density at radius 2 is 1.85 bits per heavy atom. The number of aliphatic hydroxyl groups is 1. The third-order valence-electron chi connectivity index (χ3n) is 2.33. The lowest BCUT2D eigenvalue weighted by molar-refractivity contribution is -0.146. The third-order valence-corrected chi connectivity index (χ3v) is 2.33. The first-order valence-electron chi connectivity index (χ1n) is 5.64. The summed E-state index contributed by atoms with van der Waals surface area (Å²) in [6.07, 6.45) is -1.68. The van der Waals surface area contributed by atoms with E-state index < -0.39 is 24.6 Å². The number of aliphatic carboxylic acids is 1. The molecule has 0 saturated carbocycles. The molecule has 1 rings (SSSR count). The number of rotatable bonds is 7. The molecule has 110 valence electrons. The summed E-state index contributed by atoms with van der Waals surface area (Å²) in [6, 6.07) is 5.02. The summed E-state index contributed by atoms with van der Waals surface area (Å²) in [5, 5.41) is 19.8. The van der Waals surface area contributed by atoms with Crippen LogP contribution in [0.4, 0.5) is 8.78 Å². The van der Waals surface area contributed by atoms with Crippen molar-refractivity contribution < 1.29 is 33.3 Å². The maximum atomic E-state index is 11.9. The number of alkyl halides is 2. The summed E-state index contributed by atoms with van der Waals surface area (Å²) < 4.78 is 28.0. The maximum absolute atomic E-state index is 11.9. The molecule has 0 saturated heterocycles. The summed E-state index contributed by atoms with van der Waals surface area (Å²) in [7, 11) is 0. The van der Waals surface area contributed by atoms with Crippen molar-refractivity contribution in [2.45, 2.75) is 19.1 Å². The number of ether oxygens (including phenoxy) is 1. The van der Waals surface area contributed by atoms with E-state index in [0.29, 0.717) is 0 Å². The number of amides is 1. The van der Waals surface area contributed by atoms with E-state index in [1.165, 1.54) is 24.3 Å². The van der Waals surface area contributed by atoms with E-state index in [4.69, 9.17) is 10.2 Å². The number of carboxylic acid groups (broad SMARTS) is 1. The zero-order valence-corrected chi connectivity index (χ0v) is 10.3. The molecule has 1 unspecified atom stereocenters. The Bertz CT molecular complexity index is 463. The molecule has 0 spiro atoms. The van der Waals surface area contributed by atoms with Gasteiger partial charge in [-0.3, -0.25) is 4.79 Å². The second kappa shape index (κ2) is 7.39. The number of hydrogen-bond acceptors (Lipinski definition) is 4. The number of nitrogens with one attached hydrogen (secondary N) is 1. The molecule has 8 heteroatoms. The number of halogens is 2. The number of benzene rings is 1. The fraction of sp³-hybridized carbons (Fsp3) is 0.333. The van der Waals surface area contributed by atoms with E-state index in [1.54, 1.807) is 0 Å². The third kappa shape index (κ3) is 5.19. The van der Waals surface area contributed by atoms with Crippen LogP contribution in [0.1, 0.15) is 16.8 Å². The van der Waals surface area contributed by atoms with Crippen LogP contribution in [0.3, 0.4) is 0 Å². The summed E-state index contributed by atoms with van der Waals surface area (Å²) in [4.78, 5) is 21.9. The van der Waals surface area contributed by atoms with Crippen LogP contribution < -0.4 is 10.1 Å². The molecule has 0 aliphatic carbocycles. The predicted molar refractivity (Wildman–Crippen MR) is 63.7 cm³/mol. The van der Waals surface area contributed by atoms with E-state index in [-0.39, 0.29) is 24.3 Å². The van der Waals surface area contributed by atoms with Gasteiger partial charge in [0.05, 0.1) is 0 Å². The largest absolute Gasteiger partial charge is 0.479 e. The maximum Gasteiger partial charge on any atom is 0.387 e. The molecular weight excluding hydrogens is 276 g/mol. The molecule has 0 aromatic heterocycles. The van der Waals surface area contributed by atoms with Gasteiger partial charge < -0.3 is 20.3 Å². The van der Waals surface area contributed by atoms with Crippen molar-refractivity contribution in [2.24, 2.45) is 0 Å². The van der Waals surface area contributed by atoms with Gasteiger partial charge in [-0.25, -0.2) is 4.79 Å². The quantitative estimate of drug-likeness (QED) is 0.691. The van der Waals surface area contributed by atoms with Crippen LogP contribution in [-0.4, -0.2) is 41.3 Å². The van der Waals surface area contributed by atoms with Crippen LogP contribution in [-0.2, 0) is 4.79 Å². The minimum absolute atomic E-state index is 0.0262. The number of hydrogen-bond donors (Lipinski definition) is 3. The molecule has 1 atom stereocenters. The molecule has 0 heterocycles. The molecule has 6 nitrogen and oxygen atoms in total. The van der Waals surface area contributed by atoms with E-state index >= 15 is 0 Å². The summed E-state index contributed by atoms with van der Waals surface area (Å²) >= 11 is 0. The van der Waals surface area contributed by atoms with Gasteiger partial charge in [-0.05, 0) is 24.3 Å². The standard InChI is InChI=1S/C12H13F2NO5/c13-12(14)20-8-3-1-7(2-4-8)10(17)15-6-5-9(16)11(18)19/h1-4,9,12,16H,5-6H2,(H,15,17)(H,18,19). The van der Waals surface area contributed by atoms with Crippen molar-refractivity contribution in [3.63, 3.8) is 0 Å². The highest BCUT2D eigenvalue weighted by molar-refractivity contribution is 5.94. The van der Waals surface area contributed by atoms with E-state index in [0.717, 1.165) is 0 Å². The number of carbonyl (C=O) groups excluding carboxylic acids is 1. The van der Waals surface area contributed by atoms with Gasteiger partial charge in [0.1, 0.15) is 5.75 Å². The molecule has 0 aliphatic rings. The van der Waals surface area contributed by atoms with E-state index in [2.05, 4.69) is 10.1 Å². The van der Waals surface area contributed by atoms with Crippen molar-refractivity contribution in [1.82, 2.24) is 5.32 Å². The van der Waals surface area contributed by atoms with Gasteiger partial charge in [0.15, 0.2) is 6.10 Å². The zero-order chi connectivity index (χ0) is 15.1. The van der Waals surface area contributed by atoms with Crippen LogP contribution >= 0.6 is 0 Å². The second-order valence-electron chi connectivity index (χ2n) is 3.80. The average molecular weight is 289 g/mol. The van der Waals surface area contributed by atoms with Crippen LogP contribution in [0, 0.1) is 0 Å². The molecular formula is C12H13F2NO5. The van der Waals surface area contributed by atoms with Crippen LogP contribution in [0.5, 0.6) is 5.75 Å². The Balaban J connectivity index is 2.45. The molecule has 1 amide bonds. The van der Waals surface area contributed by atoms with Crippen LogP contribution in [0.2, 0.25) is 0 Å². The van der Waals surface area contributed by atoms with Gasteiger partial charge in [-0.2, -0.15) is 8.78 Å². The summed E-state index contributed by atoms with van der Waals surface area (Å²) in [5.74, 6) is -1.95. The monoisotopic (exact) mass is 289 g/mol. The van der Waals surface area contributed by atoms with E-state index in [1.807, 2.05) is 0 Å². The van der Waals surface area contributed by atoms with Crippen LogP contribution in [0.15, 0.2) is 24.3 Å². The fourth-order valence-corrected chi connectivity index (χ4v) is 1.34. The second-order valence-corrected chi connectivity index (χ2v) is 3.80. The molecule has 1 aromatic rings. The number of aliphatic hydroxyl groups excluding tert-OH is 1. The summed E-state index contributed by atoms with van der Waals surface area (Å²) in [5.41, 5.74) is 0.205. The average Bonchev–Trinajstić information content (AvgIpc) is 2.38.